The third-order valence-electron chi connectivity index (χ3n) is 3.73. The van der Waals surface area contributed by atoms with Crippen molar-refractivity contribution in [1.29, 1.82) is 0 Å². The van der Waals surface area contributed by atoms with Crippen molar-refractivity contribution in [2.45, 2.75) is 46.1 Å². The Bertz CT molecular complexity index is 213. The van der Waals surface area contributed by atoms with Crippen molar-refractivity contribution in [3.8, 4) is 0 Å². The smallest absolute Gasteiger partial charge is 0.0205 e. The molecule has 0 spiro atoms. The van der Waals surface area contributed by atoms with Crippen molar-refractivity contribution >= 4 is 0 Å². The monoisotopic (exact) mass is 224 g/mol. The second-order valence-corrected chi connectivity index (χ2v) is 5.26. The van der Waals surface area contributed by atoms with Gasteiger partial charge in [0.15, 0.2) is 0 Å². The van der Waals surface area contributed by atoms with E-state index in [2.05, 4.69) is 37.6 Å². The molecular formula is C14H28N2. The van der Waals surface area contributed by atoms with Crippen LogP contribution in [0, 0.1) is 5.92 Å². The van der Waals surface area contributed by atoms with E-state index in [0.717, 1.165) is 31.6 Å². The lowest BCUT2D eigenvalue weighted by atomic mass is 9.92. The van der Waals surface area contributed by atoms with Gasteiger partial charge < -0.3 is 5.32 Å². The first kappa shape index (κ1) is 13.7. The minimum atomic E-state index is 0.719. The Balaban J connectivity index is 2.26. The second kappa shape index (κ2) is 7.08. The fourth-order valence-corrected chi connectivity index (χ4v) is 2.43. The molecule has 2 atom stereocenters. The van der Waals surface area contributed by atoms with Crippen LogP contribution < -0.4 is 5.32 Å². The van der Waals surface area contributed by atoms with Gasteiger partial charge in [0.25, 0.3) is 0 Å². The fraction of sp³-hybridized carbons (Fsp3) is 0.857. The highest BCUT2D eigenvalue weighted by Crippen LogP contribution is 2.23. The van der Waals surface area contributed by atoms with Gasteiger partial charge in [0.1, 0.15) is 0 Å². The van der Waals surface area contributed by atoms with Crippen molar-refractivity contribution in [3.05, 3.63) is 12.2 Å². The van der Waals surface area contributed by atoms with Gasteiger partial charge in [-0.25, -0.2) is 0 Å². The standard InChI is InChI=1S/C14H28N2/c1-5-8-15-10-12(2)11-16-9-6-7-13(3)14(16)4/h13-15H,2,5-11H2,1,3-4H3. The maximum absolute atomic E-state index is 4.18. The largest absolute Gasteiger partial charge is 0.313 e. The van der Waals surface area contributed by atoms with Gasteiger partial charge in [-0.2, -0.15) is 0 Å². The molecule has 1 saturated heterocycles. The molecule has 1 fully saturated rings. The summed E-state index contributed by atoms with van der Waals surface area (Å²) in [5, 5.41) is 3.42. The van der Waals surface area contributed by atoms with Crippen LogP contribution in [0.1, 0.15) is 40.0 Å². The van der Waals surface area contributed by atoms with Crippen molar-refractivity contribution < 1.29 is 0 Å². The number of hydrogen-bond acceptors (Lipinski definition) is 2. The van der Waals surface area contributed by atoms with Gasteiger partial charge >= 0.3 is 0 Å². The number of hydrogen-bond donors (Lipinski definition) is 1. The first-order chi connectivity index (χ1) is 7.65. The Morgan fingerprint density at radius 1 is 1.44 bits per heavy atom. The Labute approximate surface area is 101 Å². The van der Waals surface area contributed by atoms with Gasteiger partial charge in [-0.3, -0.25) is 4.90 Å². The quantitative estimate of drug-likeness (QED) is 0.551. The lowest BCUT2D eigenvalue weighted by molar-refractivity contribution is 0.124. The minimum Gasteiger partial charge on any atom is -0.313 e. The van der Waals surface area contributed by atoms with Crippen LogP contribution in [0.5, 0.6) is 0 Å². The summed E-state index contributed by atoms with van der Waals surface area (Å²) in [6.07, 6.45) is 3.93. The Hall–Kier alpha value is -0.340. The number of nitrogens with zero attached hydrogens (tertiary/aromatic N) is 1. The molecule has 0 bridgehead atoms. The maximum Gasteiger partial charge on any atom is 0.0205 e. The average molecular weight is 224 g/mol. The van der Waals surface area contributed by atoms with E-state index >= 15 is 0 Å². The highest BCUT2D eigenvalue weighted by molar-refractivity contribution is 5.01. The average Bonchev–Trinajstić information content (AvgIpc) is 2.25. The van der Waals surface area contributed by atoms with E-state index in [0.29, 0.717) is 0 Å². The van der Waals surface area contributed by atoms with E-state index in [9.17, 15) is 0 Å². The summed E-state index contributed by atoms with van der Waals surface area (Å²) >= 11 is 0. The third kappa shape index (κ3) is 4.26. The number of likely N-dealkylation sites (tertiary alicyclic amines) is 1. The van der Waals surface area contributed by atoms with Gasteiger partial charge in [-0.1, -0.05) is 20.4 Å². The van der Waals surface area contributed by atoms with Gasteiger partial charge in [-0.15, -0.1) is 0 Å². The van der Waals surface area contributed by atoms with Gasteiger partial charge in [0, 0.05) is 19.1 Å². The van der Waals surface area contributed by atoms with Crippen LogP contribution in [-0.4, -0.2) is 37.1 Å². The summed E-state index contributed by atoms with van der Waals surface area (Å²) < 4.78 is 0. The molecule has 1 N–H and O–H groups in total. The molecule has 0 aliphatic carbocycles. The van der Waals surface area contributed by atoms with Crippen LogP contribution >= 0.6 is 0 Å². The lowest BCUT2D eigenvalue weighted by Crippen LogP contribution is -2.43. The molecule has 94 valence electrons. The summed E-state index contributed by atoms with van der Waals surface area (Å²) in [6.45, 7) is 15.5. The van der Waals surface area contributed by atoms with Gasteiger partial charge in [0.05, 0.1) is 0 Å². The first-order valence-electron chi connectivity index (χ1n) is 6.76. The van der Waals surface area contributed by atoms with Crippen LogP contribution in [0.2, 0.25) is 0 Å². The Morgan fingerprint density at radius 3 is 2.88 bits per heavy atom. The topological polar surface area (TPSA) is 15.3 Å². The fourth-order valence-electron chi connectivity index (χ4n) is 2.43. The van der Waals surface area contributed by atoms with Crippen LogP contribution in [0.4, 0.5) is 0 Å². The molecule has 16 heavy (non-hydrogen) atoms. The molecule has 0 saturated carbocycles. The summed E-state index contributed by atoms with van der Waals surface area (Å²) in [7, 11) is 0. The first-order valence-corrected chi connectivity index (χ1v) is 6.76. The van der Waals surface area contributed by atoms with Crippen LogP contribution in [0.25, 0.3) is 0 Å². The van der Waals surface area contributed by atoms with E-state index in [4.69, 9.17) is 0 Å². The highest BCUT2D eigenvalue weighted by Gasteiger charge is 2.24. The molecule has 1 rings (SSSR count). The zero-order chi connectivity index (χ0) is 12.0. The van der Waals surface area contributed by atoms with E-state index < -0.39 is 0 Å². The molecule has 0 radical (unpaired) electrons. The summed E-state index contributed by atoms with van der Waals surface area (Å²) in [5.41, 5.74) is 1.33. The lowest BCUT2D eigenvalue weighted by Gasteiger charge is -2.38. The number of piperidine rings is 1. The number of rotatable bonds is 6. The molecule has 0 aromatic rings. The van der Waals surface area contributed by atoms with Crippen LogP contribution in [0.3, 0.4) is 0 Å². The SMILES string of the molecule is C=C(CNCCC)CN1CCCC(C)C1C. The molecule has 0 aromatic heterocycles. The molecular weight excluding hydrogens is 196 g/mol. The van der Waals surface area contributed by atoms with Gasteiger partial charge in [0.2, 0.25) is 0 Å². The number of nitrogens with one attached hydrogen (secondary N) is 1. The molecule has 0 aromatic carbocycles. The Morgan fingerprint density at radius 2 is 2.19 bits per heavy atom. The second-order valence-electron chi connectivity index (χ2n) is 5.26. The molecule has 0 amide bonds. The third-order valence-corrected chi connectivity index (χ3v) is 3.73. The van der Waals surface area contributed by atoms with Crippen molar-refractivity contribution in [3.63, 3.8) is 0 Å². The maximum atomic E-state index is 4.18. The minimum absolute atomic E-state index is 0.719. The molecule has 2 nitrogen and oxygen atoms in total. The molecule has 1 aliphatic heterocycles. The normalized spacial score (nSPS) is 26.9. The van der Waals surface area contributed by atoms with E-state index in [1.165, 1.54) is 31.4 Å². The van der Waals surface area contributed by atoms with Crippen molar-refractivity contribution in [2.24, 2.45) is 5.92 Å². The Kier molecular flexibility index (Phi) is 6.07. The zero-order valence-corrected chi connectivity index (χ0v) is 11.3. The predicted molar refractivity (Wildman–Crippen MR) is 71.7 cm³/mol. The van der Waals surface area contributed by atoms with Crippen LogP contribution in [-0.2, 0) is 0 Å². The summed E-state index contributed by atoms with van der Waals surface area (Å²) in [4.78, 5) is 2.59. The van der Waals surface area contributed by atoms with Crippen molar-refractivity contribution in [1.82, 2.24) is 10.2 Å². The van der Waals surface area contributed by atoms with E-state index in [1.807, 2.05) is 0 Å². The van der Waals surface area contributed by atoms with Crippen molar-refractivity contribution in [2.75, 3.05) is 26.2 Å². The molecule has 2 heteroatoms. The van der Waals surface area contributed by atoms with Gasteiger partial charge in [-0.05, 0) is 50.8 Å². The summed E-state index contributed by atoms with van der Waals surface area (Å²) in [5.74, 6) is 0.838. The van der Waals surface area contributed by atoms with Crippen LogP contribution in [0.15, 0.2) is 12.2 Å². The summed E-state index contributed by atoms with van der Waals surface area (Å²) in [6, 6.07) is 0.719. The van der Waals surface area contributed by atoms with E-state index in [1.54, 1.807) is 0 Å². The molecule has 1 heterocycles. The molecule has 1 aliphatic rings. The predicted octanol–water partition coefficient (Wildman–Crippen LogP) is 2.66. The highest BCUT2D eigenvalue weighted by atomic mass is 15.2. The molecule has 2 unspecified atom stereocenters. The zero-order valence-electron chi connectivity index (χ0n) is 11.3. The van der Waals surface area contributed by atoms with E-state index in [-0.39, 0.29) is 0 Å².